The number of benzene rings is 1. The fourth-order valence-corrected chi connectivity index (χ4v) is 1.92. The number of thiocarbonyl (C=S) groups is 1. The number of nitrogens with zero attached hydrogens (tertiary/aromatic N) is 1. The van der Waals surface area contributed by atoms with Crippen LogP contribution in [0.25, 0.3) is 0 Å². The Hall–Kier alpha value is -2.14. The first-order valence-electron chi connectivity index (χ1n) is 6.10. The van der Waals surface area contributed by atoms with Crippen molar-refractivity contribution >= 4 is 17.2 Å². The Morgan fingerprint density at radius 3 is 2.55 bits per heavy atom. The van der Waals surface area contributed by atoms with E-state index in [2.05, 4.69) is 4.98 Å². The smallest absolute Gasteiger partial charge is 0.220 e. The molecule has 1 aromatic heterocycles. The normalized spacial score (nSPS) is 10.2. The number of hydrogen-bond acceptors (Lipinski definition) is 4. The van der Waals surface area contributed by atoms with Crippen molar-refractivity contribution in [2.24, 2.45) is 5.73 Å². The second-order valence-corrected chi connectivity index (χ2v) is 4.90. The minimum Gasteiger partial charge on any atom is -0.493 e. The Morgan fingerprint density at radius 2 is 1.90 bits per heavy atom. The van der Waals surface area contributed by atoms with Gasteiger partial charge in [0, 0.05) is 17.3 Å². The highest BCUT2D eigenvalue weighted by Gasteiger charge is 2.09. The summed E-state index contributed by atoms with van der Waals surface area (Å²) in [5.41, 5.74) is 8.26. The van der Waals surface area contributed by atoms with Gasteiger partial charge in [-0.1, -0.05) is 18.3 Å². The van der Waals surface area contributed by atoms with E-state index in [4.69, 9.17) is 27.4 Å². The van der Waals surface area contributed by atoms with Crippen LogP contribution in [0, 0.1) is 13.8 Å². The second-order valence-electron chi connectivity index (χ2n) is 4.46. The van der Waals surface area contributed by atoms with Crippen LogP contribution < -0.4 is 15.2 Å². The number of hydrogen-bond donors (Lipinski definition) is 1. The van der Waals surface area contributed by atoms with Gasteiger partial charge in [0.1, 0.15) is 4.99 Å². The van der Waals surface area contributed by atoms with Crippen LogP contribution in [-0.2, 0) is 0 Å². The van der Waals surface area contributed by atoms with E-state index in [-0.39, 0.29) is 0 Å². The summed E-state index contributed by atoms with van der Waals surface area (Å²) >= 11 is 4.98. The largest absolute Gasteiger partial charge is 0.493 e. The number of methoxy groups -OCH3 is 1. The molecule has 0 saturated heterocycles. The third-order valence-electron chi connectivity index (χ3n) is 2.75. The lowest BCUT2D eigenvalue weighted by atomic mass is 10.2. The molecule has 0 radical (unpaired) electrons. The standard InChI is InChI=1S/C15H16N2O2S/c1-9-4-5-12(13(6-9)18-3)19-14-8-11(15(16)20)7-10(2)17-14/h4-8H,1-3H3,(H2,16,20). The van der Waals surface area contributed by atoms with Crippen molar-refractivity contribution in [1.82, 2.24) is 4.98 Å². The fourth-order valence-electron chi connectivity index (χ4n) is 1.80. The molecule has 0 aliphatic heterocycles. The topological polar surface area (TPSA) is 57.4 Å². The van der Waals surface area contributed by atoms with Gasteiger partial charge in [-0.15, -0.1) is 0 Å². The van der Waals surface area contributed by atoms with Gasteiger partial charge in [-0.05, 0) is 37.6 Å². The van der Waals surface area contributed by atoms with Crippen LogP contribution in [0.5, 0.6) is 17.4 Å². The van der Waals surface area contributed by atoms with Crippen LogP contribution in [0.2, 0.25) is 0 Å². The molecule has 0 atom stereocenters. The van der Waals surface area contributed by atoms with Gasteiger partial charge in [-0.3, -0.25) is 0 Å². The molecule has 0 fully saturated rings. The molecule has 1 heterocycles. The number of pyridine rings is 1. The van der Waals surface area contributed by atoms with E-state index >= 15 is 0 Å². The van der Waals surface area contributed by atoms with Crippen LogP contribution in [-0.4, -0.2) is 17.1 Å². The minimum atomic E-state index is 0.316. The van der Waals surface area contributed by atoms with Gasteiger partial charge in [-0.25, -0.2) is 4.98 Å². The maximum absolute atomic E-state index is 5.78. The van der Waals surface area contributed by atoms with Crippen LogP contribution in [0.4, 0.5) is 0 Å². The Labute approximate surface area is 123 Å². The van der Waals surface area contributed by atoms with Gasteiger partial charge in [-0.2, -0.15) is 0 Å². The van der Waals surface area contributed by atoms with E-state index in [0.29, 0.717) is 22.4 Å². The van der Waals surface area contributed by atoms with Gasteiger partial charge in [0.05, 0.1) is 7.11 Å². The number of aryl methyl sites for hydroxylation is 2. The monoisotopic (exact) mass is 288 g/mol. The zero-order valence-corrected chi connectivity index (χ0v) is 12.5. The zero-order valence-electron chi connectivity index (χ0n) is 11.6. The summed E-state index contributed by atoms with van der Waals surface area (Å²) in [7, 11) is 1.60. The summed E-state index contributed by atoms with van der Waals surface area (Å²) in [6, 6.07) is 9.23. The highest BCUT2D eigenvalue weighted by Crippen LogP contribution is 2.31. The van der Waals surface area contributed by atoms with Crippen molar-refractivity contribution in [3.05, 3.63) is 47.2 Å². The minimum absolute atomic E-state index is 0.316. The van der Waals surface area contributed by atoms with Gasteiger partial charge < -0.3 is 15.2 Å². The van der Waals surface area contributed by atoms with E-state index < -0.39 is 0 Å². The number of aromatic nitrogens is 1. The molecule has 4 nitrogen and oxygen atoms in total. The Kier molecular flexibility index (Phi) is 4.20. The van der Waals surface area contributed by atoms with E-state index in [1.54, 1.807) is 13.2 Å². The summed E-state index contributed by atoms with van der Waals surface area (Å²) in [4.78, 5) is 4.63. The van der Waals surface area contributed by atoms with Crippen molar-refractivity contribution in [1.29, 1.82) is 0 Å². The van der Waals surface area contributed by atoms with Crippen molar-refractivity contribution < 1.29 is 9.47 Å². The lowest BCUT2D eigenvalue weighted by Gasteiger charge is -2.11. The summed E-state index contributed by atoms with van der Waals surface area (Å²) in [5, 5.41) is 0. The molecule has 2 N–H and O–H groups in total. The molecule has 0 bridgehead atoms. The van der Waals surface area contributed by atoms with Crippen LogP contribution in [0.15, 0.2) is 30.3 Å². The molecule has 104 valence electrons. The molecule has 2 aromatic rings. The molecule has 0 saturated carbocycles. The number of nitrogens with two attached hydrogens (primary N) is 1. The van der Waals surface area contributed by atoms with E-state index in [0.717, 1.165) is 16.8 Å². The van der Waals surface area contributed by atoms with Crippen molar-refractivity contribution in [2.45, 2.75) is 13.8 Å². The van der Waals surface area contributed by atoms with Crippen LogP contribution in [0.3, 0.4) is 0 Å². The maximum Gasteiger partial charge on any atom is 0.220 e. The molecule has 0 spiro atoms. The highest BCUT2D eigenvalue weighted by molar-refractivity contribution is 7.80. The molecule has 2 rings (SSSR count). The van der Waals surface area contributed by atoms with Gasteiger partial charge in [0.15, 0.2) is 11.5 Å². The second kappa shape index (κ2) is 5.88. The van der Waals surface area contributed by atoms with Crippen LogP contribution >= 0.6 is 12.2 Å². The Bertz CT molecular complexity index is 656. The molecule has 0 unspecified atom stereocenters. The predicted molar refractivity (Wildman–Crippen MR) is 82.7 cm³/mol. The van der Waals surface area contributed by atoms with Gasteiger partial charge in [0.25, 0.3) is 0 Å². The fraction of sp³-hybridized carbons (Fsp3) is 0.200. The molecule has 0 aliphatic rings. The first kappa shape index (κ1) is 14.3. The number of ether oxygens (including phenoxy) is 2. The summed E-state index contributed by atoms with van der Waals surface area (Å²) in [6.45, 7) is 3.85. The van der Waals surface area contributed by atoms with Gasteiger partial charge in [0.2, 0.25) is 5.88 Å². The SMILES string of the molecule is COc1cc(C)ccc1Oc1cc(C(N)=S)cc(C)n1. The van der Waals surface area contributed by atoms with Gasteiger partial charge >= 0.3 is 0 Å². The quantitative estimate of drug-likeness (QED) is 0.876. The summed E-state index contributed by atoms with van der Waals surface area (Å²) < 4.78 is 11.1. The highest BCUT2D eigenvalue weighted by atomic mass is 32.1. The van der Waals surface area contributed by atoms with E-state index in [1.807, 2.05) is 38.1 Å². The molecule has 1 aromatic carbocycles. The summed E-state index contributed by atoms with van der Waals surface area (Å²) in [5.74, 6) is 1.70. The van der Waals surface area contributed by atoms with Crippen molar-refractivity contribution in [3.63, 3.8) is 0 Å². The lowest BCUT2D eigenvalue weighted by molar-refractivity contribution is 0.373. The summed E-state index contributed by atoms with van der Waals surface area (Å²) in [6.07, 6.45) is 0. The van der Waals surface area contributed by atoms with Crippen LogP contribution in [0.1, 0.15) is 16.8 Å². The zero-order chi connectivity index (χ0) is 14.7. The molecule has 5 heteroatoms. The molecular weight excluding hydrogens is 272 g/mol. The molecule has 0 amide bonds. The maximum atomic E-state index is 5.78. The molecule has 20 heavy (non-hydrogen) atoms. The Balaban J connectivity index is 2.37. The average molecular weight is 288 g/mol. The van der Waals surface area contributed by atoms with E-state index in [1.165, 1.54) is 0 Å². The first-order chi connectivity index (χ1) is 9.49. The molecule has 0 aliphatic carbocycles. The third kappa shape index (κ3) is 3.24. The first-order valence-corrected chi connectivity index (χ1v) is 6.51. The average Bonchev–Trinajstić information content (AvgIpc) is 2.40. The Morgan fingerprint density at radius 1 is 1.15 bits per heavy atom. The lowest BCUT2D eigenvalue weighted by Crippen LogP contribution is -2.10. The molecular formula is C15H16N2O2S. The van der Waals surface area contributed by atoms with Crippen molar-refractivity contribution in [2.75, 3.05) is 7.11 Å². The van der Waals surface area contributed by atoms with Crippen molar-refractivity contribution in [3.8, 4) is 17.4 Å². The third-order valence-corrected chi connectivity index (χ3v) is 2.98. The number of rotatable bonds is 4. The predicted octanol–water partition coefficient (Wildman–Crippen LogP) is 3.13. The van der Waals surface area contributed by atoms with E-state index in [9.17, 15) is 0 Å².